The van der Waals surface area contributed by atoms with Gasteiger partial charge in [-0.25, -0.2) is 19.3 Å². The number of nitrogens with two attached hydrogens (primary N) is 1. The third-order valence-electron chi connectivity index (χ3n) is 5.45. The number of nitrogens with one attached hydrogen (secondary N) is 1. The molecule has 3 N–H and O–H groups in total. The minimum absolute atomic E-state index is 0.331. The van der Waals surface area contributed by atoms with Crippen LogP contribution in [0.3, 0.4) is 0 Å². The highest BCUT2D eigenvalue weighted by Gasteiger charge is 2.21. The van der Waals surface area contributed by atoms with Crippen LogP contribution in [0.25, 0.3) is 45.2 Å². The Hall–Kier alpha value is -3.42. The van der Waals surface area contributed by atoms with Gasteiger partial charge in [-0.3, -0.25) is 4.57 Å². The van der Waals surface area contributed by atoms with Gasteiger partial charge in [-0.2, -0.15) is 0 Å². The summed E-state index contributed by atoms with van der Waals surface area (Å²) in [6.07, 6.45) is 0. The van der Waals surface area contributed by atoms with Crippen LogP contribution in [0.2, 0.25) is 10.0 Å². The van der Waals surface area contributed by atoms with Gasteiger partial charge in [0.2, 0.25) is 5.95 Å². The highest BCUT2D eigenvalue weighted by Crippen LogP contribution is 2.38. The highest BCUT2D eigenvalue weighted by molar-refractivity contribution is 6.39. The van der Waals surface area contributed by atoms with Crippen molar-refractivity contribution in [1.29, 1.82) is 0 Å². The maximum atomic E-state index is 13.6. The van der Waals surface area contributed by atoms with Gasteiger partial charge in [0.15, 0.2) is 5.65 Å². The molecule has 172 valence electrons. The number of aromatic amines is 1. The Bertz CT molecular complexity index is 1480. The summed E-state index contributed by atoms with van der Waals surface area (Å²) in [6, 6.07) is 15.1. The van der Waals surface area contributed by atoms with Crippen LogP contribution in [0.15, 0.2) is 54.6 Å². The molecule has 3 aromatic heterocycles. The molecule has 0 fully saturated rings. The number of halogens is 3. The van der Waals surface area contributed by atoms with E-state index in [4.69, 9.17) is 38.9 Å². The molecule has 0 aliphatic carbocycles. The topological polar surface area (TPSA) is 85.4 Å². The molecule has 3 heterocycles. The summed E-state index contributed by atoms with van der Waals surface area (Å²) >= 11 is 12.9. The minimum Gasteiger partial charge on any atom is -0.369 e. The lowest BCUT2D eigenvalue weighted by atomic mass is 10.1. The molecule has 0 unspecified atom stereocenters. The molecule has 2 aromatic carbocycles. The van der Waals surface area contributed by atoms with Crippen molar-refractivity contribution in [2.45, 2.75) is 20.4 Å². The second-order valence-corrected chi connectivity index (χ2v) is 9.24. The van der Waals surface area contributed by atoms with Crippen molar-refractivity contribution in [1.82, 2.24) is 24.5 Å². The second kappa shape index (κ2) is 8.74. The number of rotatable bonds is 5. The zero-order chi connectivity index (χ0) is 24.0. The van der Waals surface area contributed by atoms with Gasteiger partial charge in [-0.15, -0.1) is 0 Å². The smallest absolute Gasteiger partial charge is 0.202 e. The van der Waals surface area contributed by atoms with Crippen LogP contribution in [0, 0.1) is 11.7 Å². The molecule has 0 spiro atoms. The normalized spacial score (nSPS) is 11.6. The van der Waals surface area contributed by atoms with E-state index >= 15 is 0 Å². The van der Waals surface area contributed by atoms with Crippen LogP contribution in [-0.2, 0) is 6.54 Å². The fourth-order valence-corrected chi connectivity index (χ4v) is 4.50. The Balaban J connectivity index is 1.74. The number of aromatic nitrogens is 5. The Morgan fingerprint density at radius 3 is 2.35 bits per heavy atom. The largest absolute Gasteiger partial charge is 0.369 e. The number of anilines is 1. The number of benzene rings is 2. The minimum atomic E-state index is -0.331. The Kier molecular flexibility index (Phi) is 5.75. The van der Waals surface area contributed by atoms with Crippen molar-refractivity contribution in [2.24, 2.45) is 5.92 Å². The van der Waals surface area contributed by atoms with E-state index in [1.807, 2.05) is 16.7 Å². The highest BCUT2D eigenvalue weighted by atomic mass is 35.5. The lowest BCUT2D eigenvalue weighted by Gasteiger charge is -2.09. The average molecular weight is 495 g/mol. The fraction of sp³-hybridized carbons (Fsp3) is 0.160. The van der Waals surface area contributed by atoms with Gasteiger partial charge in [0, 0.05) is 12.1 Å². The number of nitrogens with zero attached hydrogens (tertiary/aromatic N) is 4. The third-order valence-corrected chi connectivity index (χ3v) is 6.08. The Labute approximate surface area is 205 Å². The molecule has 5 rings (SSSR count). The van der Waals surface area contributed by atoms with Gasteiger partial charge in [0.05, 0.1) is 32.7 Å². The summed E-state index contributed by atoms with van der Waals surface area (Å²) in [5.74, 6) is 0.936. The predicted octanol–water partition coefficient (Wildman–Crippen LogP) is 6.84. The van der Waals surface area contributed by atoms with Crippen LogP contribution >= 0.6 is 23.2 Å². The van der Waals surface area contributed by atoms with Crippen molar-refractivity contribution in [3.05, 3.63) is 70.5 Å². The van der Waals surface area contributed by atoms with E-state index in [0.717, 1.165) is 5.56 Å². The molecule has 0 saturated carbocycles. The lowest BCUT2D eigenvalue weighted by molar-refractivity contribution is 0.535. The molecule has 9 heteroatoms. The van der Waals surface area contributed by atoms with Crippen molar-refractivity contribution in [3.63, 3.8) is 0 Å². The zero-order valence-electron chi connectivity index (χ0n) is 18.5. The number of imidazole rings is 2. The summed E-state index contributed by atoms with van der Waals surface area (Å²) in [6.45, 7) is 4.90. The molecule has 0 aliphatic heterocycles. The average Bonchev–Trinajstić information content (AvgIpc) is 3.35. The first-order valence-electron chi connectivity index (χ1n) is 10.7. The van der Waals surface area contributed by atoms with E-state index in [-0.39, 0.29) is 5.82 Å². The Morgan fingerprint density at radius 2 is 1.68 bits per heavy atom. The monoisotopic (exact) mass is 494 g/mol. The van der Waals surface area contributed by atoms with Crippen molar-refractivity contribution in [3.8, 4) is 34.0 Å². The van der Waals surface area contributed by atoms with E-state index in [2.05, 4.69) is 23.8 Å². The first-order chi connectivity index (χ1) is 16.3. The molecule has 6 nitrogen and oxygen atoms in total. The number of pyridine rings is 1. The van der Waals surface area contributed by atoms with Gasteiger partial charge >= 0.3 is 0 Å². The SMILES string of the molecule is CC(C)Cn1c(N)nc2ccc(-c3[nH]c(-c4c(Cl)cccc4Cl)nc3-c3ccc(F)cc3)nc21. The molecule has 0 atom stereocenters. The summed E-state index contributed by atoms with van der Waals surface area (Å²) in [7, 11) is 0. The third kappa shape index (κ3) is 4.02. The first kappa shape index (κ1) is 22.4. The van der Waals surface area contributed by atoms with Crippen molar-refractivity contribution < 1.29 is 4.39 Å². The van der Waals surface area contributed by atoms with Gasteiger partial charge < -0.3 is 10.7 Å². The van der Waals surface area contributed by atoms with Crippen LogP contribution in [0.1, 0.15) is 13.8 Å². The molecule has 0 aliphatic rings. The quantitative estimate of drug-likeness (QED) is 0.280. The molecule has 34 heavy (non-hydrogen) atoms. The number of hydrogen-bond acceptors (Lipinski definition) is 4. The van der Waals surface area contributed by atoms with Gasteiger partial charge in [0.25, 0.3) is 0 Å². The van der Waals surface area contributed by atoms with Crippen molar-refractivity contribution >= 4 is 40.3 Å². The van der Waals surface area contributed by atoms with Crippen LogP contribution < -0.4 is 5.73 Å². The van der Waals surface area contributed by atoms with E-state index < -0.39 is 0 Å². The van der Waals surface area contributed by atoms with Gasteiger partial charge in [-0.1, -0.05) is 43.1 Å². The summed E-state index contributed by atoms with van der Waals surface area (Å²) in [4.78, 5) is 17.5. The molecule has 0 saturated heterocycles. The summed E-state index contributed by atoms with van der Waals surface area (Å²) in [5.41, 5.74) is 10.7. The summed E-state index contributed by atoms with van der Waals surface area (Å²) in [5, 5.41) is 0.925. The maximum absolute atomic E-state index is 13.6. The van der Waals surface area contributed by atoms with E-state index in [1.165, 1.54) is 12.1 Å². The van der Waals surface area contributed by atoms with Gasteiger partial charge in [-0.05, 0) is 54.4 Å². The number of hydrogen-bond donors (Lipinski definition) is 2. The zero-order valence-corrected chi connectivity index (χ0v) is 20.0. The second-order valence-electron chi connectivity index (χ2n) is 8.43. The summed E-state index contributed by atoms with van der Waals surface area (Å²) < 4.78 is 15.5. The molecule has 0 amide bonds. The number of nitrogen functional groups attached to an aromatic ring is 1. The molecular weight excluding hydrogens is 474 g/mol. The van der Waals surface area contributed by atoms with E-state index in [0.29, 0.717) is 68.1 Å². The molecule has 0 radical (unpaired) electrons. The maximum Gasteiger partial charge on any atom is 0.202 e. The van der Waals surface area contributed by atoms with E-state index in [9.17, 15) is 4.39 Å². The van der Waals surface area contributed by atoms with E-state index in [1.54, 1.807) is 30.3 Å². The van der Waals surface area contributed by atoms with Crippen LogP contribution in [-0.4, -0.2) is 24.5 Å². The predicted molar refractivity (Wildman–Crippen MR) is 135 cm³/mol. The van der Waals surface area contributed by atoms with Crippen molar-refractivity contribution in [2.75, 3.05) is 5.73 Å². The fourth-order valence-electron chi connectivity index (χ4n) is 3.92. The molecular formula is C25H21Cl2FN6. The number of H-pyrrole nitrogens is 1. The number of fused-ring (bicyclic) bond motifs is 1. The molecule has 0 bridgehead atoms. The van der Waals surface area contributed by atoms with Crippen LogP contribution in [0.5, 0.6) is 0 Å². The van der Waals surface area contributed by atoms with Gasteiger partial charge in [0.1, 0.15) is 17.2 Å². The van der Waals surface area contributed by atoms with Crippen LogP contribution in [0.4, 0.5) is 10.3 Å². The lowest BCUT2D eigenvalue weighted by Crippen LogP contribution is -2.08. The first-order valence-corrected chi connectivity index (χ1v) is 11.5. The standard InChI is InChI=1S/C25H21Cl2FN6/c1-13(2)12-34-24-19(31-25(34)29)11-10-18(30-24)22-21(14-6-8-15(28)9-7-14)32-23(33-22)20-16(26)4-3-5-17(20)27/h3-11,13H,12H2,1-2H3,(H2,29,31)(H,32,33). The molecule has 5 aromatic rings. The Morgan fingerprint density at radius 1 is 0.971 bits per heavy atom.